The number of unbranched alkanes of at least 4 members (excludes halogenated alkanes) is 2. The minimum absolute atomic E-state index is 0.0548. The third-order valence-electron chi connectivity index (χ3n) is 3.16. The summed E-state index contributed by atoms with van der Waals surface area (Å²) < 4.78 is 26.8. The van der Waals surface area contributed by atoms with Crippen molar-refractivity contribution in [2.24, 2.45) is 0 Å². The van der Waals surface area contributed by atoms with E-state index in [-0.39, 0.29) is 10.9 Å². The van der Waals surface area contributed by atoms with Crippen molar-refractivity contribution in [3.05, 3.63) is 18.3 Å². The molecule has 5 nitrogen and oxygen atoms in total. The number of hydrogen-bond acceptors (Lipinski definition) is 4. The van der Waals surface area contributed by atoms with E-state index in [0.29, 0.717) is 12.4 Å². The highest BCUT2D eigenvalue weighted by Crippen LogP contribution is 2.19. The van der Waals surface area contributed by atoms with E-state index in [1.165, 1.54) is 6.20 Å². The smallest absolute Gasteiger partial charge is 0.244 e. The molecule has 1 rings (SSSR count). The van der Waals surface area contributed by atoms with Gasteiger partial charge in [-0.15, -0.1) is 0 Å². The molecule has 20 heavy (non-hydrogen) atoms. The zero-order valence-electron chi connectivity index (χ0n) is 12.8. The van der Waals surface area contributed by atoms with Crippen molar-refractivity contribution in [1.82, 2.24) is 9.29 Å². The quantitative estimate of drug-likeness (QED) is 0.750. The first-order valence-corrected chi connectivity index (χ1v) is 8.53. The summed E-state index contributed by atoms with van der Waals surface area (Å²) in [5.41, 5.74) is 0. The second-order valence-corrected chi connectivity index (χ2v) is 6.94. The molecule has 0 unspecified atom stereocenters. The predicted molar refractivity (Wildman–Crippen MR) is 82.3 cm³/mol. The summed E-state index contributed by atoms with van der Waals surface area (Å²) in [4.78, 5) is 4.34. The van der Waals surface area contributed by atoms with E-state index in [1.54, 1.807) is 23.5 Å². The van der Waals surface area contributed by atoms with E-state index in [2.05, 4.69) is 17.2 Å². The first-order chi connectivity index (χ1) is 9.43. The summed E-state index contributed by atoms with van der Waals surface area (Å²) in [5.74, 6) is 0.658. The molecule has 0 aliphatic carbocycles. The Morgan fingerprint density at radius 3 is 2.45 bits per heavy atom. The molecular formula is C14H25N3O2S. The lowest BCUT2D eigenvalue weighted by atomic mass is 10.2. The van der Waals surface area contributed by atoms with Crippen LogP contribution in [0.2, 0.25) is 0 Å². The van der Waals surface area contributed by atoms with Gasteiger partial charge in [0.05, 0.1) is 0 Å². The fraction of sp³-hybridized carbons (Fsp3) is 0.643. The Hall–Kier alpha value is -1.14. The number of anilines is 1. The molecule has 0 aliphatic heterocycles. The van der Waals surface area contributed by atoms with Gasteiger partial charge in [-0.1, -0.05) is 19.8 Å². The van der Waals surface area contributed by atoms with Gasteiger partial charge in [-0.05, 0) is 32.4 Å². The van der Waals surface area contributed by atoms with Gasteiger partial charge >= 0.3 is 0 Å². The van der Waals surface area contributed by atoms with Crippen molar-refractivity contribution < 1.29 is 8.42 Å². The number of hydrogen-bond donors (Lipinski definition) is 1. The Morgan fingerprint density at radius 1 is 1.30 bits per heavy atom. The molecule has 0 atom stereocenters. The van der Waals surface area contributed by atoms with Crippen LogP contribution >= 0.6 is 0 Å². The average Bonchev–Trinajstić information content (AvgIpc) is 2.43. The van der Waals surface area contributed by atoms with Crippen LogP contribution in [0.5, 0.6) is 0 Å². The molecule has 1 heterocycles. The van der Waals surface area contributed by atoms with Crippen LogP contribution in [0.3, 0.4) is 0 Å². The number of nitrogens with zero attached hydrogens (tertiary/aromatic N) is 2. The Kier molecular flexibility index (Phi) is 6.42. The average molecular weight is 299 g/mol. The lowest BCUT2D eigenvalue weighted by molar-refractivity contribution is 0.345. The lowest BCUT2D eigenvalue weighted by Gasteiger charge is -2.25. The van der Waals surface area contributed by atoms with Crippen LogP contribution in [-0.4, -0.2) is 37.3 Å². The molecule has 1 aromatic rings. The lowest BCUT2D eigenvalue weighted by Crippen LogP contribution is -2.37. The fourth-order valence-corrected chi connectivity index (χ4v) is 3.61. The van der Waals surface area contributed by atoms with E-state index < -0.39 is 10.0 Å². The zero-order chi connectivity index (χ0) is 15.2. The second-order valence-electron chi connectivity index (χ2n) is 5.05. The number of aromatic nitrogens is 1. The predicted octanol–water partition coefficient (Wildman–Crippen LogP) is 2.71. The van der Waals surface area contributed by atoms with E-state index >= 15 is 0 Å². The Bertz CT molecular complexity index is 498. The molecule has 0 aromatic carbocycles. The second kappa shape index (κ2) is 7.59. The monoisotopic (exact) mass is 299 g/mol. The molecule has 0 saturated heterocycles. The Labute approximate surface area is 122 Å². The molecule has 114 valence electrons. The van der Waals surface area contributed by atoms with Crippen molar-refractivity contribution in [2.75, 3.05) is 18.9 Å². The summed E-state index contributed by atoms with van der Waals surface area (Å²) in [5, 5.41) is 2.88. The van der Waals surface area contributed by atoms with Crippen LogP contribution in [0, 0.1) is 0 Å². The van der Waals surface area contributed by atoms with Crippen LogP contribution in [0.15, 0.2) is 23.2 Å². The molecule has 1 aromatic heterocycles. The number of pyridine rings is 1. The number of rotatable bonds is 8. The van der Waals surface area contributed by atoms with Gasteiger partial charge in [0.1, 0.15) is 10.7 Å². The maximum Gasteiger partial charge on any atom is 0.244 e. The molecule has 0 aliphatic rings. The van der Waals surface area contributed by atoms with Gasteiger partial charge in [0.25, 0.3) is 0 Å². The third-order valence-corrected chi connectivity index (χ3v) is 5.22. The van der Waals surface area contributed by atoms with Gasteiger partial charge in [0.15, 0.2) is 0 Å². The van der Waals surface area contributed by atoms with Crippen molar-refractivity contribution in [3.8, 4) is 0 Å². The minimum Gasteiger partial charge on any atom is -0.373 e. The molecule has 6 heteroatoms. The molecule has 0 radical (unpaired) electrons. The van der Waals surface area contributed by atoms with Crippen LogP contribution in [0.25, 0.3) is 0 Å². The Balaban J connectivity index is 2.96. The molecule has 0 saturated carbocycles. The minimum atomic E-state index is -3.46. The SMILES string of the molecule is CCCCCN(C(C)C)S(=O)(=O)c1ccc(NC)nc1. The van der Waals surface area contributed by atoms with Crippen LogP contribution < -0.4 is 5.32 Å². The first kappa shape index (κ1) is 16.9. The maximum atomic E-state index is 12.6. The van der Waals surface area contributed by atoms with Gasteiger partial charge in [-0.2, -0.15) is 4.31 Å². The van der Waals surface area contributed by atoms with Crippen LogP contribution in [-0.2, 0) is 10.0 Å². The van der Waals surface area contributed by atoms with Crippen molar-refractivity contribution >= 4 is 15.8 Å². The van der Waals surface area contributed by atoms with E-state index in [9.17, 15) is 8.42 Å². The summed E-state index contributed by atoms with van der Waals surface area (Å²) in [6.07, 6.45) is 4.41. The Morgan fingerprint density at radius 2 is 2.00 bits per heavy atom. The molecule has 0 amide bonds. The summed E-state index contributed by atoms with van der Waals surface area (Å²) in [6.45, 7) is 6.47. The standard InChI is InChI=1S/C14H25N3O2S/c1-5-6-7-10-17(12(2)3)20(18,19)13-8-9-14(15-4)16-11-13/h8-9,11-12H,5-7,10H2,1-4H3,(H,15,16). The molecule has 1 N–H and O–H groups in total. The number of nitrogens with one attached hydrogen (secondary N) is 1. The summed E-state index contributed by atoms with van der Waals surface area (Å²) >= 11 is 0. The maximum absolute atomic E-state index is 12.6. The topological polar surface area (TPSA) is 62.3 Å². The van der Waals surface area contributed by atoms with Crippen LogP contribution in [0.4, 0.5) is 5.82 Å². The first-order valence-electron chi connectivity index (χ1n) is 7.09. The van der Waals surface area contributed by atoms with E-state index in [0.717, 1.165) is 19.3 Å². The highest BCUT2D eigenvalue weighted by Gasteiger charge is 2.26. The van der Waals surface area contributed by atoms with Crippen molar-refractivity contribution in [3.63, 3.8) is 0 Å². The fourth-order valence-electron chi connectivity index (χ4n) is 1.99. The molecule has 0 spiro atoms. The van der Waals surface area contributed by atoms with Crippen molar-refractivity contribution in [2.45, 2.75) is 51.0 Å². The van der Waals surface area contributed by atoms with E-state index in [1.807, 2.05) is 13.8 Å². The van der Waals surface area contributed by atoms with Gasteiger partial charge in [-0.3, -0.25) is 0 Å². The molecule has 0 bridgehead atoms. The van der Waals surface area contributed by atoms with Crippen LogP contribution in [0.1, 0.15) is 40.0 Å². The summed E-state index contributed by atoms with van der Waals surface area (Å²) in [6, 6.07) is 3.22. The third kappa shape index (κ3) is 4.18. The van der Waals surface area contributed by atoms with Crippen molar-refractivity contribution in [1.29, 1.82) is 0 Å². The highest BCUT2D eigenvalue weighted by atomic mass is 32.2. The largest absolute Gasteiger partial charge is 0.373 e. The van der Waals surface area contributed by atoms with Gasteiger partial charge in [0.2, 0.25) is 10.0 Å². The molecular weight excluding hydrogens is 274 g/mol. The normalized spacial score (nSPS) is 12.1. The number of sulfonamides is 1. The highest BCUT2D eigenvalue weighted by molar-refractivity contribution is 7.89. The van der Waals surface area contributed by atoms with Gasteiger partial charge in [0, 0.05) is 25.8 Å². The summed E-state index contributed by atoms with van der Waals surface area (Å²) in [7, 11) is -1.71. The van der Waals surface area contributed by atoms with Gasteiger partial charge in [-0.25, -0.2) is 13.4 Å². The zero-order valence-corrected chi connectivity index (χ0v) is 13.6. The van der Waals surface area contributed by atoms with E-state index in [4.69, 9.17) is 0 Å². The van der Waals surface area contributed by atoms with Gasteiger partial charge < -0.3 is 5.32 Å². The molecule has 0 fully saturated rings.